The van der Waals surface area contributed by atoms with Gasteiger partial charge in [-0.25, -0.2) is 4.79 Å². The van der Waals surface area contributed by atoms with E-state index >= 15 is 0 Å². The van der Waals surface area contributed by atoms with Crippen molar-refractivity contribution in [1.82, 2.24) is 0 Å². The number of ether oxygens (including phenoxy) is 1. The molecule has 0 spiro atoms. The zero-order valence-corrected chi connectivity index (χ0v) is 16.1. The highest BCUT2D eigenvalue weighted by Gasteiger charge is 2.31. The number of carboxylic acid groups (broad SMARTS) is 2. The van der Waals surface area contributed by atoms with Crippen LogP contribution in [0.4, 0.5) is 5.69 Å². The van der Waals surface area contributed by atoms with Crippen molar-refractivity contribution in [2.24, 2.45) is 5.73 Å². The van der Waals surface area contributed by atoms with Gasteiger partial charge in [-0.3, -0.25) is 9.59 Å². The highest BCUT2D eigenvalue weighted by molar-refractivity contribution is 14.1. The summed E-state index contributed by atoms with van der Waals surface area (Å²) >= 11 is 2.14. The average molecular weight is 484 g/mol. The van der Waals surface area contributed by atoms with E-state index in [-0.39, 0.29) is 12.5 Å². The van der Waals surface area contributed by atoms with Crippen molar-refractivity contribution in [2.45, 2.75) is 18.8 Å². The van der Waals surface area contributed by atoms with Crippen molar-refractivity contribution < 1.29 is 29.3 Å². The Hall–Kier alpha value is -2.50. The second kappa shape index (κ2) is 9.44. The lowest BCUT2D eigenvalue weighted by molar-refractivity contribution is -0.159. The number of nitrogens with two attached hydrogens (primary N) is 1. The topological polar surface area (TPSA) is 139 Å². The van der Waals surface area contributed by atoms with Crippen LogP contribution in [0.1, 0.15) is 15.9 Å². The Balaban J connectivity index is 2.04. The summed E-state index contributed by atoms with van der Waals surface area (Å²) in [5, 5.41) is 20.7. The van der Waals surface area contributed by atoms with Gasteiger partial charge in [0.05, 0.1) is 6.61 Å². The van der Waals surface area contributed by atoms with E-state index in [4.69, 9.17) is 20.7 Å². The minimum Gasteiger partial charge on any atom is -0.480 e. The van der Waals surface area contributed by atoms with Crippen LogP contribution in [-0.4, -0.2) is 40.2 Å². The summed E-state index contributed by atoms with van der Waals surface area (Å²) < 4.78 is 6.16. The third kappa shape index (κ3) is 6.01. The van der Waals surface area contributed by atoms with Gasteiger partial charge in [-0.15, -0.1) is 0 Å². The fraction of sp³-hybridized carbons (Fsp3) is 0.167. The van der Waals surface area contributed by atoms with Gasteiger partial charge in [0.2, 0.25) is 0 Å². The molecule has 0 radical (unpaired) electrons. The minimum absolute atomic E-state index is 0.175. The van der Waals surface area contributed by atoms with Gasteiger partial charge in [0.15, 0.2) is 6.10 Å². The van der Waals surface area contributed by atoms with E-state index in [2.05, 4.69) is 27.9 Å². The van der Waals surface area contributed by atoms with Crippen molar-refractivity contribution >= 4 is 46.1 Å². The first-order valence-electron chi connectivity index (χ1n) is 7.76. The van der Waals surface area contributed by atoms with E-state index < -0.39 is 24.1 Å². The molecule has 27 heavy (non-hydrogen) atoms. The number of carboxylic acids is 2. The van der Waals surface area contributed by atoms with E-state index in [9.17, 15) is 14.4 Å². The largest absolute Gasteiger partial charge is 0.480 e. The maximum absolute atomic E-state index is 12.3. The molecule has 5 N–H and O–H groups in total. The molecule has 0 aliphatic rings. The molecule has 142 valence electrons. The van der Waals surface area contributed by atoms with Crippen LogP contribution in [0.3, 0.4) is 0 Å². The minimum atomic E-state index is -1.69. The standard InChI is InChI=1S/C18H17IN2O6/c19-12-6-4-11(5-7-12)16(22)21-13-3-1-2-10(8-13)9-27-15(18(25)26)14(20)17(23)24/h1-8,14-15H,9,20H2,(H,21,22)(H,23,24)(H,25,26)/t14-,15-/m0/s1. The monoisotopic (exact) mass is 484 g/mol. The molecule has 0 bridgehead atoms. The van der Waals surface area contributed by atoms with Gasteiger partial charge in [0, 0.05) is 14.8 Å². The fourth-order valence-corrected chi connectivity index (χ4v) is 2.55. The number of rotatable bonds is 8. The Bertz CT molecular complexity index is 840. The maximum atomic E-state index is 12.3. The zero-order chi connectivity index (χ0) is 20.0. The maximum Gasteiger partial charge on any atom is 0.335 e. The lowest BCUT2D eigenvalue weighted by Crippen LogP contribution is -2.47. The van der Waals surface area contributed by atoms with Crippen LogP contribution < -0.4 is 11.1 Å². The number of carbonyl (C=O) groups is 3. The summed E-state index contributed by atoms with van der Waals surface area (Å²) in [5.74, 6) is -3.23. The predicted molar refractivity (Wildman–Crippen MR) is 105 cm³/mol. The Labute approximate surface area is 168 Å². The van der Waals surface area contributed by atoms with Crippen LogP contribution in [0, 0.1) is 3.57 Å². The molecule has 0 fully saturated rings. The SMILES string of the molecule is N[C@H](C(=O)O)[C@H](OCc1cccc(NC(=O)c2ccc(I)cc2)c1)C(=O)O. The number of amides is 1. The highest BCUT2D eigenvalue weighted by Crippen LogP contribution is 2.15. The highest BCUT2D eigenvalue weighted by atomic mass is 127. The molecule has 0 saturated carbocycles. The number of anilines is 1. The third-order valence-electron chi connectivity index (χ3n) is 3.58. The normalized spacial score (nSPS) is 12.8. The van der Waals surface area contributed by atoms with Crippen molar-refractivity contribution in [3.05, 3.63) is 63.2 Å². The van der Waals surface area contributed by atoms with Crippen LogP contribution in [0.25, 0.3) is 0 Å². The number of nitrogens with one attached hydrogen (secondary N) is 1. The van der Waals surface area contributed by atoms with Gasteiger partial charge in [0.1, 0.15) is 6.04 Å². The lowest BCUT2D eigenvalue weighted by Gasteiger charge is -2.17. The second-order valence-electron chi connectivity index (χ2n) is 5.60. The molecule has 0 unspecified atom stereocenters. The van der Waals surface area contributed by atoms with Crippen molar-refractivity contribution in [2.75, 3.05) is 5.32 Å². The van der Waals surface area contributed by atoms with Crippen molar-refractivity contribution in [3.8, 4) is 0 Å². The molecule has 0 saturated heterocycles. The molecule has 8 nitrogen and oxygen atoms in total. The van der Waals surface area contributed by atoms with Gasteiger partial charge >= 0.3 is 11.9 Å². The summed E-state index contributed by atoms with van der Waals surface area (Å²) in [4.78, 5) is 34.3. The number of carbonyl (C=O) groups excluding carboxylic acids is 1. The predicted octanol–water partition coefficient (Wildman–Crippen LogP) is 1.93. The van der Waals surface area contributed by atoms with E-state index in [0.29, 0.717) is 16.8 Å². The average Bonchev–Trinajstić information content (AvgIpc) is 2.62. The summed E-state index contributed by atoms with van der Waals surface area (Å²) in [6.45, 7) is -0.175. The van der Waals surface area contributed by atoms with Crippen molar-refractivity contribution in [3.63, 3.8) is 0 Å². The molecule has 9 heteroatoms. The second-order valence-corrected chi connectivity index (χ2v) is 6.84. The van der Waals surface area contributed by atoms with Crippen LogP contribution in [0.2, 0.25) is 0 Å². The molecule has 0 heterocycles. The van der Waals surface area contributed by atoms with Crippen LogP contribution in [0.5, 0.6) is 0 Å². The Morgan fingerprint density at radius 3 is 2.33 bits per heavy atom. The molecule has 2 aromatic rings. The van der Waals surface area contributed by atoms with Crippen LogP contribution >= 0.6 is 22.6 Å². The molecular weight excluding hydrogens is 467 g/mol. The van der Waals surface area contributed by atoms with E-state index in [0.717, 1.165) is 3.57 Å². The van der Waals surface area contributed by atoms with E-state index in [1.807, 2.05) is 12.1 Å². The number of halogens is 1. The number of hydrogen-bond donors (Lipinski definition) is 4. The molecule has 0 aliphatic heterocycles. The first-order valence-corrected chi connectivity index (χ1v) is 8.84. The molecule has 2 atom stereocenters. The van der Waals surface area contributed by atoms with Gasteiger partial charge < -0.3 is 26.0 Å². The Morgan fingerprint density at radius 1 is 1.07 bits per heavy atom. The summed E-state index contributed by atoms with van der Waals surface area (Å²) in [7, 11) is 0. The van der Waals surface area contributed by atoms with Gasteiger partial charge in [-0.2, -0.15) is 0 Å². The molecule has 0 aromatic heterocycles. The van der Waals surface area contributed by atoms with Crippen LogP contribution in [0.15, 0.2) is 48.5 Å². The molecule has 2 rings (SSSR count). The van der Waals surface area contributed by atoms with Gasteiger partial charge in [-0.05, 0) is 64.6 Å². The summed E-state index contributed by atoms with van der Waals surface area (Å²) in [6.07, 6.45) is -1.69. The summed E-state index contributed by atoms with van der Waals surface area (Å²) in [6, 6.07) is 12.0. The first kappa shape index (κ1) is 20.8. The number of hydrogen-bond acceptors (Lipinski definition) is 5. The molecule has 2 aromatic carbocycles. The quantitative estimate of drug-likeness (QED) is 0.420. The molecule has 1 amide bonds. The number of aliphatic carboxylic acids is 2. The summed E-state index contributed by atoms with van der Waals surface area (Å²) in [5.41, 5.74) is 6.88. The first-order chi connectivity index (χ1) is 12.8. The molecular formula is C18H17IN2O6. The van der Waals surface area contributed by atoms with Crippen molar-refractivity contribution in [1.29, 1.82) is 0 Å². The Kier molecular flexibility index (Phi) is 7.28. The van der Waals surface area contributed by atoms with E-state index in [1.54, 1.807) is 36.4 Å². The fourth-order valence-electron chi connectivity index (χ4n) is 2.19. The Morgan fingerprint density at radius 2 is 1.74 bits per heavy atom. The van der Waals surface area contributed by atoms with Gasteiger partial charge in [-0.1, -0.05) is 12.1 Å². The zero-order valence-electron chi connectivity index (χ0n) is 14.0. The van der Waals surface area contributed by atoms with Gasteiger partial charge in [0.25, 0.3) is 5.91 Å². The number of benzene rings is 2. The smallest absolute Gasteiger partial charge is 0.335 e. The van der Waals surface area contributed by atoms with E-state index in [1.165, 1.54) is 0 Å². The third-order valence-corrected chi connectivity index (χ3v) is 4.29. The molecule has 0 aliphatic carbocycles. The van der Waals surface area contributed by atoms with Crippen LogP contribution in [-0.2, 0) is 20.9 Å². The lowest BCUT2D eigenvalue weighted by atomic mass is 10.1.